The van der Waals surface area contributed by atoms with E-state index in [1.54, 1.807) is 0 Å². The second kappa shape index (κ2) is 5.37. The van der Waals surface area contributed by atoms with E-state index in [0.717, 1.165) is 24.2 Å². The molecule has 2 rings (SSSR count). The van der Waals surface area contributed by atoms with Gasteiger partial charge in [-0.1, -0.05) is 23.7 Å². The summed E-state index contributed by atoms with van der Waals surface area (Å²) >= 11 is 6.12. The van der Waals surface area contributed by atoms with E-state index in [2.05, 4.69) is 12.2 Å². The summed E-state index contributed by atoms with van der Waals surface area (Å²) in [4.78, 5) is 0. The number of hydrogen-bond donors (Lipinski definition) is 1. The average Bonchev–Trinajstić information content (AvgIpc) is 2.33. The van der Waals surface area contributed by atoms with Crippen LogP contribution < -0.4 is 10.5 Å². The third-order valence-corrected chi connectivity index (χ3v) is 3.02. The van der Waals surface area contributed by atoms with Crippen LogP contribution in [-0.4, -0.2) is 6.10 Å². The zero-order chi connectivity index (χ0) is 11.4. The lowest BCUT2D eigenvalue weighted by Crippen LogP contribution is -2.15. The van der Waals surface area contributed by atoms with Crippen molar-refractivity contribution in [3.05, 3.63) is 40.9 Å². The number of halogens is 1. The van der Waals surface area contributed by atoms with E-state index in [1.165, 1.54) is 6.42 Å². The molecule has 0 radical (unpaired) electrons. The van der Waals surface area contributed by atoms with Gasteiger partial charge in [0.25, 0.3) is 0 Å². The van der Waals surface area contributed by atoms with Crippen LogP contribution in [0.1, 0.15) is 24.8 Å². The largest absolute Gasteiger partial charge is 0.485 e. The number of nitrogens with two attached hydrogens (primary N) is 1. The summed E-state index contributed by atoms with van der Waals surface area (Å²) in [6.07, 6.45) is 7.83. The van der Waals surface area contributed by atoms with E-state index in [9.17, 15) is 0 Å². The fourth-order valence-electron chi connectivity index (χ4n) is 1.81. The minimum Gasteiger partial charge on any atom is -0.485 e. The fraction of sp³-hybridized carbons (Fsp3) is 0.385. The maximum absolute atomic E-state index is 6.12. The highest BCUT2D eigenvalue weighted by Crippen LogP contribution is 2.28. The van der Waals surface area contributed by atoms with Gasteiger partial charge in [-0.2, -0.15) is 0 Å². The Balaban J connectivity index is 2.09. The zero-order valence-electron chi connectivity index (χ0n) is 9.16. The van der Waals surface area contributed by atoms with E-state index in [4.69, 9.17) is 22.1 Å². The van der Waals surface area contributed by atoms with E-state index < -0.39 is 0 Å². The Bertz CT molecular complexity index is 390. The quantitative estimate of drug-likeness (QED) is 0.819. The smallest absolute Gasteiger partial charge is 0.138 e. The molecule has 0 bridgehead atoms. The van der Waals surface area contributed by atoms with Crippen molar-refractivity contribution in [2.45, 2.75) is 31.9 Å². The van der Waals surface area contributed by atoms with E-state index in [1.807, 2.05) is 18.2 Å². The van der Waals surface area contributed by atoms with E-state index in [0.29, 0.717) is 11.6 Å². The zero-order valence-corrected chi connectivity index (χ0v) is 9.91. The van der Waals surface area contributed by atoms with Crippen LogP contribution in [0.4, 0.5) is 0 Å². The molecule has 0 amide bonds. The molecule has 1 aromatic rings. The maximum atomic E-state index is 6.12. The lowest BCUT2D eigenvalue weighted by atomic mass is 10.1. The Morgan fingerprint density at radius 3 is 2.94 bits per heavy atom. The molecule has 2 nitrogen and oxygen atoms in total. The van der Waals surface area contributed by atoms with Crippen LogP contribution in [0.15, 0.2) is 30.4 Å². The highest BCUT2D eigenvalue weighted by molar-refractivity contribution is 6.32. The minimum atomic E-state index is 0.162. The summed E-state index contributed by atoms with van der Waals surface area (Å²) in [5.41, 5.74) is 6.57. The fourth-order valence-corrected chi connectivity index (χ4v) is 2.06. The van der Waals surface area contributed by atoms with Gasteiger partial charge in [0.05, 0.1) is 5.02 Å². The Morgan fingerprint density at radius 1 is 1.44 bits per heavy atom. The maximum Gasteiger partial charge on any atom is 0.138 e. The van der Waals surface area contributed by atoms with E-state index >= 15 is 0 Å². The first-order valence-corrected chi connectivity index (χ1v) is 5.99. The molecular formula is C13H16ClNO. The van der Waals surface area contributed by atoms with Crippen LogP contribution in [0.2, 0.25) is 5.02 Å². The van der Waals surface area contributed by atoms with Gasteiger partial charge in [0.2, 0.25) is 0 Å². The van der Waals surface area contributed by atoms with Gasteiger partial charge in [-0.3, -0.25) is 0 Å². The number of ether oxygens (including phenoxy) is 1. The molecular weight excluding hydrogens is 222 g/mol. The van der Waals surface area contributed by atoms with Crippen LogP contribution in [0, 0.1) is 0 Å². The molecule has 1 aliphatic rings. The summed E-state index contributed by atoms with van der Waals surface area (Å²) < 4.78 is 5.83. The van der Waals surface area contributed by atoms with Gasteiger partial charge in [-0.25, -0.2) is 0 Å². The molecule has 0 saturated heterocycles. The highest BCUT2D eigenvalue weighted by Gasteiger charge is 2.11. The first-order chi connectivity index (χ1) is 7.79. The van der Waals surface area contributed by atoms with E-state index in [-0.39, 0.29) is 6.10 Å². The molecule has 1 aromatic carbocycles. The predicted octanol–water partition coefficient (Wildman–Crippen LogP) is 3.29. The summed E-state index contributed by atoms with van der Waals surface area (Å²) in [7, 11) is 0. The number of hydrogen-bond acceptors (Lipinski definition) is 2. The molecule has 16 heavy (non-hydrogen) atoms. The van der Waals surface area contributed by atoms with Crippen molar-refractivity contribution in [2.75, 3.05) is 0 Å². The van der Waals surface area contributed by atoms with Crippen LogP contribution in [0.5, 0.6) is 5.75 Å². The van der Waals surface area contributed by atoms with Gasteiger partial charge in [0.15, 0.2) is 0 Å². The molecule has 0 saturated carbocycles. The van der Waals surface area contributed by atoms with Crippen molar-refractivity contribution >= 4 is 11.6 Å². The summed E-state index contributed by atoms with van der Waals surface area (Å²) in [6.45, 7) is 0.503. The van der Waals surface area contributed by atoms with Crippen LogP contribution >= 0.6 is 11.6 Å². The Labute approximate surface area is 101 Å². The van der Waals surface area contributed by atoms with Crippen molar-refractivity contribution in [3.8, 4) is 5.75 Å². The summed E-state index contributed by atoms with van der Waals surface area (Å²) in [5, 5.41) is 0.641. The monoisotopic (exact) mass is 237 g/mol. The lowest BCUT2D eigenvalue weighted by molar-refractivity contribution is 0.230. The summed E-state index contributed by atoms with van der Waals surface area (Å²) in [5.74, 6) is 0.746. The van der Waals surface area contributed by atoms with Crippen molar-refractivity contribution in [3.63, 3.8) is 0 Å². The minimum absolute atomic E-state index is 0.162. The van der Waals surface area contributed by atoms with Crippen LogP contribution in [0.25, 0.3) is 0 Å². The first kappa shape index (κ1) is 11.5. The van der Waals surface area contributed by atoms with Crippen LogP contribution in [0.3, 0.4) is 0 Å². The van der Waals surface area contributed by atoms with Gasteiger partial charge < -0.3 is 10.5 Å². The molecule has 0 aliphatic heterocycles. The van der Waals surface area contributed by atoms with Gasteiger partial charge in [0.1, 0.15) is 11.9 Å². The molecule has 1 aliphatic carbocycles. The SMILES string of the molecule is NCc1ccc(OC2C=CCCC2)c(Cl)c1. The Hall–Kier alpha value is -0.990. The molecule has 0 spiro atoms. The Kier molecular flexibility index (Phi) is 3.86. The molecule has 0 heterocycles. The third-order valence-electron chi connectivity index (χ3n) is 2.72. The van der Waals surface area contributed by atoms with Crippen molar-refractivity contribution in [1.29, 1.82) is 0 Å². The molecule has 3 heteroatoms. The molecule has 2 N–H and O–H groups in total. The van der Waals surface area contributed by atoms with Crippen molar-refractivity contribution < 1.29 is 4.74 Å². The van der Waals surface area contributed by atoms with Crippen molar-refractivity contribution in [2.24, 2.45) is 5.73 Å². The molecule has 86 valence electrons. The lowest BCUT2D eigenvalue weighted by Gasteiger charge is -2.19. The van der Waals surface area contributed by atoms with Gasteiger partial charge in [-0.05, 0) is 43.0 Å². The molecule has 0 fully saturated rings. The third kappa shape index (κ3) is 2.77. The van der Waals surface area contributed by atoms with Gasteiger partial charge in [-0.15, -0.1) is 0 Å². The number of rotatable bonds is 3. The van der Waals surface area contributed by atoms with Crippen molar-refractivity contribution in [1.82, 2.24) is 0 Å². The number of allylic oxidation sites excluding steroid dienone is 1. The van der Waals surface area contributed by atoms with Gasteiger partial charge >= 0.3 is 0 Å². The molecule has 0 aromatic heterocycles. The number of benzene rings is 1. The molecule has 1 atom stereocenters. The van der Waals surface area contributed by atoms with Gasteiger partial charge in [0, 0.05) is 6.54 Å². The van der Waals surface area contributed by atoms with Crippen LogP contribution in [-0.2, 0) is 6.54 Å². The standard InChI is InChI=1S/C13H16ClNO/c14-12-8-10(9-15)6-7-13(12)16-11-4-2-1-3-5-11/h2,4,6-8,11H,1,3,5,9,15H2. The molecule has 1 unspecified atom stereocenters. The normalized spacial score (nSPS) is 19.8. The second-order valence-corrected chi connectivity index (χ2v) is 4.39. The topological polar surface area (TPSA) is 35.2 Å². The predicted molar refractivity (Wildman–Crippen MR) is 66.8 cm³/mol. The average molecular weight is 238 g/mol. The second-order valence-electron chi connectivity index (χ2n) is 3.98. The Morgan fingerprint density at radius 2 is 2.31 bits per heavy atom. The summed E-state index contributed by atoms with van der Waals surface area (Å²) in [6, 6.07) is 5.71. The first-order valence-electron chi connectivity index (χ1n) is 5.61. The highest BCUT2D eigenvalue weighted by atomic mass is 35.5.